The van der Waals surface area contributed by atoms with Crippen molar-refractivity contribution in [2.75, 3.05) is 0 Å². The van der Waals surface area contributed by atoms with Gasteiger partial charge in [0.1, 0.15) is 0 Å². The Morgan fingerprint density at radius 1 is 0.812 bits per heavy atom. The molecule has 0 spiro atoms. The van der Waals surface area contributed by atoms with E-state index in [1.807, 2.05) is 0 Å². The monoisotopic (exact) mass is 440 g/mol. The Balaban J connectivity index is 1.66. The third kappa shape index (κ3) is 2.66. The zero-order valence-corrected chi connectivity index (χ0v) is 22.0. The molecule has 0 aliphatic heterocycles. The first-order valence-corrected chi connectivity index (χ1v) is 13.4. The Kier molecular flexibility index (Phi) is 4.73. The van der Waals surface area contributed by atoms with Gasteiger partial charge in [0.25, 0.3) is 0 Å². The minimum atomic E-state index is -0.230. The molecular formula is C30H48O2. The van der Waals surface area contributed by atoms with Crippen molar-refractivity contribution in [3.8, 4) is 0 Å². The Morgan fingerprint density at radius 2 is 1.50 bits per heavy atom. The Morgan fingerprint density at radius 3 is 2.19 bits per heavy atom. The molecule has 32 heavy (non-hydrogen) atoms. The van der Waals surface area contributed by atoms with Crippen LogP contribution in [0.4, 0.5) is 0 Å². The Labute approximate surface area is 197 Å². The highest BCUT2D eigenvalue weighted by Crippen LogP contribution is 2.74. The predicted octanol–water partition coefficient (Wildman–Crippen LogP) is 7.06. The van der Waals surface area contributed by atoms with Crippen molar-refractivity contribution in [1.29, 1.82) is 0 Å². The van der Waals surface area contributed by atoms with Crippen LogP contribution in [0.1, 0.15) is 107 Å². The summed E-state index contributed by atoms with van der Waals surface area (Å²) >= 11 is 0. The van der Waals surface area contributed by atoms with Gasteiger partial charge in [0.2, 0.25) is 0 Å². The van der Waals surface area contributed by atoms with E-state index in [1.165, 1.54) is 19.3 Å². The van der Waals surface area contributed by atoms with Gasteiger partial charge in [-0.25, -0.2) is 0 Å². The summed E-state index contributed by atoms with van der Waals surface area (Å²) in [7, 11) is 0. The quantitative estimate of drug-likeness (QED) is 0.423. The first-order valence-electron chi connectivity index (χ1n) is 13.4. The summed E-state index contributed by atoms with van der Waals surface area (Å²) in [5, 5.41) is 22.1. The van der Waals surface area contributed by atoms with Gasteiger partial charge in [0.15, 0.2) is 0 Å². The summed E-state index contributed by atoms with van der Waals surface area (Å²) in [5.74, 6) is 1.13. The van der Waals surface area contributed by atoms with Crippen LogP contribution >= 0.6 is 0 Å². The lowest BCUT2D eigenvalue weighted by molar-refractivity contribution is -0.183. The second kappa shape index (κ2) is 6.54. The molecule has 2 nitrogen and oxygen atoms in total. The van der Waals surface area contributed by atoms with Crippen molar-refractivity contribution < 1.29 is 10.2 Å². The molecule has 5 aliphatic rings. The van der Waals surface area contributed by atoms with Crippen molar-refractivity contribution in [3.63, 3.8) is 0 Å². The number of hydrogen-bond acceptors (Lipinski definition) is 2. The number of aliphatic hydroxyl groups excluding tert-OH is 2. The lowest BCUT2D eigenvalue weighted by atomic mass is 9.35. The van der Waals surface area contributed by atoms with Gasteiger partial charge in [-0.05, 0) is 95.9 Å². The van der Waals surface area contributed by atoms with Gasteiger partial charge in [-0.2, -0.15) is 0 Å². The van der Waals surface area contributed by atoms with E-state index in [1.54, 1.807) is 11.1 Å². The molecule has 0 aromatic carbocycles. The van der Waals surface area contributed by atoms with E-state index >= 15 is 0 Å². The first kappa shape index (κ1) is 23.2. The number of aliphatic hydroxyl groups is 2. The molecule has 0 saturated heterocycles. The summed E-state index contributed by atoms with van der Waals surface area (Å²) in [6, 6.07) is 0. The topological polar surface area (TPSA) is 40.5 Å². The van der Waals surface area contributed by atoms with Crippen molar-refractivity contribution in [2.24, 2.45) is 44.3 Å². The normalized spacial score (nSPS) is 53.7. The summed E-state index contributed by atoms with van der Waals surface area (Å²) < 4.78 is 0. The predicted molar refractivity (Wildman–Crippen MR) is 132 cm³/mol. The van der Waals surface area contributed by atoms with Crippen molar-refractivity contribution in [2.45, 2.75) is 119 Å². The molecule has 5 aliphatic carbocycles. The number of hydrogen-bond donors (Lipinski definition) is 2. The van der Waals surface area contributed by atoms with Crippen LogP contribution in [0.15, 0.2) is 23.3 Å². The van der Waals surface area contributed by atoms with Crippen LogP contribution in [0.25, 0.3) is 0 Å². The molecular weight excluding hydrogens is 392 g/mol. The van der Waals surface area contributed by atoms with Gasteiger partial charge < -0.3 is 10.2 Å². The highest BCUT2D eigenvalue weighted by atomic mass is 16.3. The molecule has 5 rings (SSSR count). The third-order valence-corrected chi connectivity index (χ3v) is 12.5. The fourth-order valence-electron chi connectivity index (χ4n) is 10.00. The van der Waals surface area contributed by atoms with Crippen molar-refractivity contribution in [1.82, 2.24) is 0 Å². The molecule has 3 fully saturated rings. The second-order valence-corrected chi connectivity index (χ2v) is 14.9. The van der Waals surface area contributed by atoms with Crippen molar-refractivity contribution >= 4 is 0 Å². The smallest absolute Gasteiger partial charge is 0.0636 e. The molecule has 2 heteroatoms. The first-order chi connectivity index (χ1) is 14.6. The maximum Gasteiger partial charge on any atom is 0.0636 e. The summed E-state index contributed by atoms with van der Waals surface area (Å²) in [6.45, 7) is 19.4. The van der Waals surface area contributed by atoms with Crippen LogP contribution in [-0.4, -0.2) is 22.4 Å². The molecule has 8 atom stereocenters. The number of allylic oxidation sites excluding steroid dienone is 3. The van der Waals surface area contributed by atoms with Crippen LogP contribution < -0.4 is 0 Å². The molecule has 0 amide bonds. The van der Waals surface area contributed by atoms with Gasteiger partial charge in [-0.1, -0.05) is 73.1 Å². The van der Waals surface area contributed by atoms with Crippen LogP contribution in [0, 0.1) is 44.3 Å². The summed E-state index contributed by atoms with van der Waals surface area (Å²) in [4.78, 5) is 0. The zero-order chi connectivity index (χ0) is 23.5. The standard InChI is InChI=1S/C30H48O2/c1-25(2)17-20-19-9-10-22-28(6)13-12-23(31)26(3,4)21(28)11-14-30(22,8)29(19,7)16-15-27(20,5)24(32)18-25/h9-10,21-24,31-32H,11-18H2,1-8H3. The van der Waals surface area contributed by atoms with E-state index in [0.29, 0.717) is 11.8 Å². The number of fused-ring (bicyclic) bond motifs is 6. The zero-order valence-electron chi connectivity index (χ0n) is 22.0. The second-order valence-electron chi connectivity index (χ2n) is 14.9. The van der Waals surface area contributed by atoms with Gasteiger partial charge in [0.05, 0.1) is 12.2 Å². The largest absolute Gasteiger partial charge is 0.393 e. The van der Waals surface area contributed by atoms with Crippen LogP contribution in [0.5, 0.6) is 0 Å². The molecule has 0 heterocycles. The minimum absolute atomic E-state index is 0.00947. The molecule has 3 saturated carbocycles. The van der Waals surface area contributed by atoms with Gasteiger partial charge in [-0.15, -0.1) is 0 Å². The maximum absolute atomic E-state index is 11.3. The summed E-state index contributed by atoms with van der Waals surface area (Å²) in [6.07, 6.45) is 13.6. The SMILES string of the molecule is CC1(C)CC2=C3C=CC4C5(C)CCC(O)C(C)(C)C5CCC4(C)C3(C)CCC2(C)C(O)C1. The minimum Gasteiger partial charge on any atom is -0.393 e. The van der Waals surface area contributed by atoms with E-state index in [0.717, 1.165) is 32.1 Å². The molecule has 2 N–H and O–H groups in total. The Hall–Kier alpha value is -0.600. The van der Waals surface area contributed by atoms with Gasteiger partial charge >= 0.3 is 0 Å². The fourth-order valence-corrected chi connectivity index (χ4v) is 10.00. The fraction of sp³-hybridized carbons (Fsp3) is 0.867. The van der Waals surface area contributed by atoms with Gasteiger partial charge in [0, 0.05) is 5.41 Å². The van der Waals surface area contributed by atoms with Gasteiger partial charge in [-0.3, -0.25) is 0 Å². The van der Waals surface area contributed by atoms with E-state index in [-0.39, 0.29) is 44.7 Å². The van der Waals surface area contributed by atoms with E-state index in [2.05, 4.69) is 67.5 Å². The molecule has 0 aromatic heterocycles. The van der Waals surface area contributed by atoms with E-state index in [4.69, 9.17) is 0 Å². The molecule has 0 radical (unpaired) electrons. The number of rotatable bonds is 0. The van der Waals surface area contributed by atoms with E-state index < -0.39 is 0 Å². The van der Waals surface area contributed by atoms with Crippen LogP contribution in [0.2, 0.25) is 0 Å². The summed E-state index contributed by atoms with van der Waals surface area (Å²) in [5.41, 5.74) is 3.90. The lowest BCUT2D eigenvalue weighted by Crippen LogP contribution is -2.63. The third-order valence-electron chi connectivity index (χ3n) is 12.5. The maximum atomic E-state index is 11.3. The lowest BCUT2D eigenvalue weighted by Gasteiger charge is -2.69. The molecule has 0 bridgehead atoms. The average molecular weight is 441 g/mol. The highest BCUT2D eigenvalue weighted by Gasteiger charge is 2.66. The molecule has 180 valence electrons. The van der Waals surface area contributed by atoms with Crippen molar-refractivity contribution in [3.05, 3.63) is 23.3 Å². The molecule has 8 unspecified atom stereocenters. The van der Waals surface area contributed by atoms with Crippen LogP contribution in [-0.2, 0) is 0 Å². The van der Waals surface area contributed by atoms with E-state index in [9.17, 15) is 10.2 Å². The Bertz CT molecular complexity index is 879. The molecule has 0 aromatic rings. The van der Waals surface area contributed by atoms with Crippen LogP contribution in [0.3, 0.4) is 0 Å². The highest BCUT2D eigenvalue weighted by molar-refractivity contribution is 5.46. The average Bonchev–Trinajstić information content (AvgIpc) is 2.67.